The standard InChI is InChI=1S/C12H17N3O5/c1-5(2)9(10(16)14-12(13)18)19-11(17)8-6(3)15-20-7(8)4/h5,9H,1-4H3,(H3,13,14,16,18)/t9-/m1/s1. The van der Waals surface area contributed by atoms with E-state index in [0.717, 1.165) is 0 Å². The lowest BCUT2D eigenvalue weighted by atomic mass is 10.1. The van der Waals surface area contributed by atoms with Gasteiger partial charge in [0, 0.05) is 0 Å². The average molecular weight is 283 g/mol. The van der Waals surface area contributed by atoms with Crippen molar-refractivity contribution in [3.8, 4) is 0 Å². The lowest BCUT2D eigenvalue weighted by molar-refractivity contribution is -0.130. The Labute approximate surface area is 115 Å². The van der Waals surface area contributed by atoms with Gasteiger partial charge < -0.3 is 15.0 Å². The summed E-state index contributed by atoms with van der Waals surface area (Å²) in [5.41, 5.74) is 5.40. The molecular formula is C12H17N3O5. The van der Waals surface area contributed by atoms with Gasteiger partial charge in [-0.05, 0) is 19.8 Å². The highest BCUT2D eigenvalue weighted by Crippen LogP contribution is 2.16. The topological polar surface area (TPSA) is 125 Å². The molecule has 0 aromatic carbocycles. The van der Waals surface area contributed by atoms with Crippen LogP contribution in [0.25, 0.3) is 0 Å². The zero-order chi connectivity index (χ0) is 15.4. The molecule has 8 heteroatoms. The summed E-state index contributed by atoms with van der Waals surface area (Å²) >= 11 is 0. The molecule has 20 heavy (non-hydrogen) atoms. The van der Waals surface area contributed by atoms with E-state index in [1.54, 1.807) is 27.7 Å². The minimum Gasteiger partial charge on any atom is -0.448 e. The fourth-order valence-electron chi connectivity index (χ4n) is 1.63. The highest BCUT2D eigenvalue weighted by Gasteiger charge is 2.30. The fraction of sp³-hybridized carbons (Fsp3) is 0.500. The van der Waals surface area contributed by atoms with Crippen LogP contribution in [0.2, 0.25) is 0 Å². The Kier molecular flexibility index (Phi) is 4.84. The van der Waals surface area contributed by atoms with Gasteiger partial charge in [-0.25, -0.2) is 9.59 Å². The van der Waals surface area contributed by atoms with E-state index >= 15 is 0 Å². The van der Waals surface area contributed by atoms with Gasteiger partial charge in [-0.2, -0.15) is 0 Å². The van der Waals surface area contributed by atoms with Gasteiger partial charge in [-0.15, -0.1) is 0 Å². The molecule has 0 fully saturated rings. The van der Waals surface area contributed by atoms with Crippen LogP contribution in [0.15, 0.2) is 4.52 Å². The number of nitrogens with two attached hydrogens (primary N) is 1. The number of nitrogens with zero attached hydrogens (tertiary/aromatic N) is 1. The Balaban J connectivity index is 2.89. The van der Waals surface area contributed by atoms with Crippen molar-refractivity contribution < 1.29 is 23.6 Å². The number of rotatable bonds is 4. The van der Waals surface area contributed by atoms with Crippen LogP contribution in [0.5, 0.6) is 0 Å². The number of ether oxygens (including phenoxy) is 1. The van der Waals surface area contributed by atoms with E-state index in [1.165, 1.54) is 0 Å². The number of urea groups is 1. The van der Waals surface area contributed by atoms with Crippen molar-refractivity contribution in [2.24, 2.45) is 11.7 Å². The first-order valence-electron chi connectivity index (χ1n) is 5.98. The number of carbonyl (C=O) groups excluding carboxylic acids is 3. The van der Waals surface area contributed by atoms with E-state index in [2.05, 4.69) is 5.16 Å². The van der Waals surface area contributed by atoms with Gasteiger partial charge in [0.05, 0.1) is 5.69 Å². The number of carbonyl (C=O) groups is 3. The second-order valence-corrected chi connectivity index (χ2v) is 4.62. The van der Waals surface area contributed by atoms with E-state index in [4.69, 9.17) is 15.0 Å². The van der Waals surface area contributed by atoms with Crippen molar-refractivity contribution in [3.63, 3.8) is 0 Å². The Morgan fingerprint density at radius 1 is 1.30 bits per heavy atom. The maximum atomic E-state index is 12.0. The molecule has 1 aromatic heterocycles. The zero-order valence-electron chi connectivity index (χ0n) is 11.7. The second kappa shape index (κ2) is 6.18. The van der Waals surface area contributed by atoms with Gasteiger partial charge in [0.25, 0.3) is 5.91 Å². The smallest absolute Gasteiger partial charge is 0.344 e. The summed E-state index contributed by atoms with van der Waals surface area (Å²) in [5.74, 6) is -1.55. The van der Waals surface area contributed by atoms with Gasteiger partial charge in [0.2, 0.25) is 0 Å². The molecule has 0 aliphatic carbocycles. The number of primary amides is 1. The number of aryl methyl sites for hydroxylation is 2. The Morgan fingerprint density at radius 3 is 2.30 bits per heavy atom. The molecule has 0 radical (unpaired) electrons. The summed E-state index contributed by atoms with van der Waals surface area (Å²) in [4.78, 5) is 34.5. The molecule has 0 saturated heterocycles. The molecule has 1 atom stereocenters. The van der Waals surface area contributed by atoms with Crippen molar-refractivity contribution in [1.82, 2.24) is 10.5 Å². The Bertz CT molecular complexity index is 516. The number of esters is 1. The quantitative estimate of drug-likeness (QED) is 0.782. The summed E-state index contributed by atoms with van der Waals surface area (Å²) in [6, 6.07) is -1.01. The van der Waals surface area contributed by atoms with Gasteiger partial charge in [-0.3, -0.25) is 10.1 Å². The van der Waals surface area contributed by atoms with Gasteiger partial charge in [0.1, 0.15) is 11.3 Å². The maximum Gasteiger partial charge on any atom is 0.344 e. The predicted octanol–water partition coefficient (Wildman–Crippen LogP) is 0.668. The van der Waals surface area contributed by atoms with E-state index in [9.17, 15) is 14.4 Å². The number of hydrogen-bond donors (Lipinski definition) is 2. The van der Waals surface area contributed by atoms with Crippen LogP contribution in [0.3, 0.4) is 0 Å². The highest BCUT2D eigenvalue weighted by molar-refractivity contribution is 5.98. The largest absolute Gasteiger partial charge is 0.448 e. The highest BCUT2D eigenvalue weighted by atomic mass is 16.6. The summed E-state index contributed by atoms with van der Waals surface area (Å²) in [6.07, 6.45) is -1.14. The summed E-state index contributed by atoms with van der Waals surface area (Å²) in [7, 11) is 0. The van der Waals surface area contributed by atoms with Gasteiger partial charge in [-0.1, -0.05) is 19.0 Å². The first-order valence-corrected chi connectivity index (χ1v) is 5.98. The van der Waals surface area contributed by atoms with Crippen molar-refractivity contribution >= 4 is 17.9 Å². The van der Waals surface area contributed by atoms with Crippen LogP contribution in [0.1, 0.15) is 35.7 Å². The second-order valence-electron chi connectivity index (χ2n) is 4.62. The third-order valence-electron chi connectivity index (χ3n) is 2.58. The van der Waals surface area contributed by atoms with Crippen molar-refractivity contribution in [1.29, 1.82) is 0 Å². The van der Waals surface area contributed by atoms with E-state index < -0.39 is 24.0 Å². The zero-order valence-corrected chi connectivity index (χ0v) is 11.7. The monoisotopic (exact) mass is 283 g/mol. The Hall–Kier alpha value is -2.38. The first kappa shape index (κ1) is 15.7. The number of amides is 3. The summed E-state index contributed by atoms with van der Waals surface area (Å²) in [6.45, 7) is 6.49. The number of nitrogens with one attached hydrogen (secondary N) is 1. The lowest BCUT2D eigenvalue weighted by Crippen LogP contribution is -2.45. The minimum absolute atomic E-state index is 0.169. The van der Waals surface area contributed by atoms with Crippen LogP contribution in [-0.2, 0) is 9.53 Å². The van der Waals surface area contributed by atoms with E-state index in [1.807, 2.05) is 5.32 Å². The van der Waals surface area contributed by atoms with Crippen molar-refractivity contribution in [3.05, 3.63) is 17.0 Å². The predicted molar refractivity (Wildman–Crippen MR) is 67.7 cm³/mol. The molecule has 1 heterocycles. The first-order chi connectivity index (χ1) is 9.23. The molecule has 1 rings (SSSR count). The Morgan fingerprint density at radius 2 is 1.90 bits per heavy atom. The van der Waals surface area contributed by atoms with Crippen LogP contribution >= 0.6 is 0 Å². The minimum atomic E-state index is -1.14. The third kappa shape index (κ3) is 3.56. The van der Waals surface area contributed by atoms with Gasteiger partial charge in [0.15, 0.2) is 6.10 Å². The molecule has 0 bridgehead atoms. The molecule has 0 aliphatic heterocycles. The molecular weight excluding hydrogens is 266 g/mol. The molecule has 0 unspecified atom stereocenters. The summed E-state index contributed by atoms with van der Waals surface area (Å²) < 4.78 is 9.98. The number of hydrogen-bond acceptors (Lipinski definition) is 6. The molecule has 1 aromatic rings. The average Bonchev–Trinajstić information content (AvgIpc) is 2.64. The molecule has 110 valence electrons. The molecule has 0 spiro atoms. The molecule has 3 amide bonds. The SMILES string of the molecule is Cc1noc(C)c1C(=O)O[C@@H](C(=O)NC(N)=O)C(C)C. The van der Waals surface area contributed by atoms with E-state index in [-0.39, 0.29) is 11.5 Å². The van der Waals surface area contributed by atoms with Crippen LogP contribution in [0.4, 0.5) is 4.79 Å². The van der Waals surface area contributed by atoms with E-state index in [0.29, 0.717) is 11.5 Å². The third-order valence-corrected chi connectivity index (χ3v) is 2.58. The molecule has 3 N–H and O–H groups in total. The molecule has 8 nitrogen and oxygen atoms in total. The van der Waals surface area contributed by atoms with Crippen LogP contribution in [-0.4, -0.2) is 29.2 Å². The van der Waals surface area contributed by atoms with Crippen LogP contribution in [0, 0.1) is 19.8 Å². The van der Waals surface area contributed by atoms with Gasteiger partial charge >= 0.3 is 12.0 Å². The number of aromatic nitrogens is 1. The summed E-state index contributed by atoms with van der Waals surface area (Å²) in [5, 5.41) is 5.52. The normalized spacial score (nSPS) is 12.1. The molecule has 0 saturated carbocycles. The maximum absolute atomic E-state index is 12.0. The fourth-order valence-corrected chi connectivity index (χ4v) is 1.63. The van der Waals surface area contributed by atoms with Crippen molar-refractivity contribution in [2.75, 3.05) is 0 Å². The van der Waals surface area contributed by atoms with Crippen LogP contribution < -0.4 is 11.1 Å². The number of imide groups is 1. The van der Waals surface area contributed by atoms with Crippen molar-refractivity contribution in [2.45, 2.75) is 33.8 Å². The lowest BCUT2D eigenvalue weighted by Gasteiger charge is -2.19. The molecule has 0 aliphatic rings.